The molecule has 23 heavy (non-hydrogen) atoms. The number of aromatic nitrogens is 1. The van der Waals surface area contributed by atoms with Gasteiger partial charge in [0.15, 0.2) is 0 Å². The summed E-state index contributed by atoms with van der Waals surface area (Å²) in [5.74, 6) is 0.0893. The lowest BCUT2D eigenvalue weighted by Crippen LogP contribution is -2.49. The third-order valence-electron chi connectivity index (χ3n) is 4.17. The number of nitrogens with zero attached hydrogens (tertiary/aromatic N) is 2. The topological polar surface area (TPSA) is 54.5 Å². The Balaban J connectivity index is 1.45. The van der Waals surface area contributed by atoms with Gasteiger partial charge in [0, 0.05) is 25.6 Å². The summed E-state index contributed by atoms with van der Waals surface area (Å²) in [6.07, 6.45) is 1.80. The monoisotopic (exact) mass is 333 g/mol. The molecule has 0 spiro atoms. The molecule has 124 valence electrons. The molecule has 1 fully saturated rings. The molecule has 0 aliphatic carbocycles. The van der Waals surface area contributed by atoms with Gasteiger partial charge in [-0.15, -0.1) is 11.3 Å². The SMILES string of the molecule is CC[C@H]1COCCN1CC(=O)NCCc1nc2ccccc2s1. The third kappa shape index (κ3) is 4.28. The van der Waals surface area contributed by atoms with Crippen LogP contribution in [0, 0.1) is 0 Å². The van der Waals surface area contributed by atoms with Crippen LogP contribution in [0.1, 0.15) is 18.4 Å². The second kappa shape index (κ2) is 7.86. The van der Waals surface area contributed by atoms with Crippen molar-refractivity contribution in [2.75, 3.05) is 32.8 Å². The molecule has 5 nitrogen and oxygen atoms in total. The van der Waals surface area contributed by atoms with Gasteiger partial charge in [-0.25, -0.2) is 4.98 Å². The second-order valence-electron chi connectivity index (χ2n) is 5.78. The van der Waals surface area contributed by atoms with E-state index in [-0.39, 0.29) is 5.91 Å². The Bertz CT molecular complexity index is 625. The van der Waals surface area contributed by atoms with E-state index in [1.54, 1.807) is 11.3 Å². The van der Waals surface area contributed by atoms with E-state index < -0.39 is 0 Å². The van der Waals surface area contributed by atoms with E-state index in [1.807, 2.05) is 18.2 Å². The third-order valence-corrected chi connectivity index (χ3v) is 5.26. The first-order valence-corrected chi connectivity index (χ1v) is 9.01. The lowest BCUT2D eigenvalue weighted by Gasteiger charge is -2.34. The van der Waals surface area contributed by atoms with E-state index in [2.05, 4.69) is 28.2 Å². The van der Waals surface area contributed by atoms with Crippen molar-refractivity contribution in [3.8, 4) is 0 Å². The molecule has 1 aliphatic heterocycles. The number of carbonyl (C=O) groups is 1. The van der Waals surface area contributed by atoms with Gasteiger partial charge in [0.1, 0.15) is 0 Å². The molecule has 6 heteroatoms. The largest absolute Gasteiger partial charge is 0.378 e. The van der Waals surface area contributed by atoms with Crippen LogP contribution < -0.4 is 5.32 Å². The van der Waals surface area contributed by atoms with Gasteiger partial charge in [-0.3, -0.25) is 9.69 Å². The summed E-state index contributed by atoms with van der Waals surface area (Å²) in [7, 11) is 0. The number of hydrogen-bond donors (Lipinski definition) is 1. The maximum absolute atomic E-state index is 12.1. The van der Waals surface area contributed by atoms with Crippen LogP contribution in [-0.2, 0) is 16.0 Å². The number of hydrogen-bond acceptors (Lipinski definition) is 5. The van der Waals surface area contributed by atoms with Gasteiger partial charge in [-0.2, -0.15) is 0 Å². The number of fused-ring (bicyclic) bond motifs is 1. The van der Waals surface area contributed by atoms with Crippen LogP contribution in [0.2, 0.25) is 0 Å². The van der Waals surface area contributed by atoms with Crippen LogP contribution in [0.3, 0.4) is 0 Å². The Labute approximate surface area is 140 Å². The van der Waals surface area contributed by atoms with Crippen LogP contribution in [0.15, 0.2) is 24.3 Å². The van der Waals surface area contributed by atoms with Crippen molar-refractivity contribution in [3.05, 3.63) is 29.3 Å². The fourth-order valence-corrected chi connectivity index (χ4v) is 3.82. The summed E-state index contributed by atoms with van der Waals surface area (Å²) >= 11 is 1.70. The molecule has 0 unspecified atom stereocenters. The number of nitrogens with one attached hydrogen (secondary N) is 1. The zero-order valence-corrected chi connectivity index (χ0v) is 14.3. The molecule has 1 aromatic carbocycles. The standard InChI is InChI=1S/C17H23N3O2S/c1-2-13-12-22-10-9-20(13)11-16(21)18-8-7-17-19-14-5-3-4-6-15(14)23-17/h3-6,13H,2,7-12H2,1H3,(H,18,21)/t13-/m0/s1. The van der Waals surface area contributed by atoms with E-state index >= 15 is 0 Å². The Morgan fingerprint density at radius 2 is 2.35 bits per heavy atom. The minimum atomic E-state index is 0.0893. The van der Waals surface area contributed by atoms with Crippen LogP contribution in [-0.4, -0.2) is 54.7 Å². The first-order valence-electron chi connectivity index (χ1n) is 8.19. The molecule has 0 bridgehead atoms. The van der Waals surface area contributed by atoms with Crippen LogP contribution >= 0.6 is 11.3 Å². The minimum absolute atomic E-state index is 0.0893. The Hall–Kier alpha value is -1.50. The number of ether oxygens (including phenoxy) is 1. The quantitative estimate of drug-likeness (QED) is 0.879. The first kappa shape index (κ1) is 16.4. The van der Waals surface area contributed by atoms with E-state index in [0.29, 0.717) is 19.1 Å². The fraction of sp³-hybridized carbons (Fsp3) is 0.529. The Morgan fingerprint density at radius 1 is 1.48 bits per heavy atom. The van der Waals surface area contributed by atoms with E-state index in [4.69, 9.17) is 4.74 Å². The fourth-order valence-electron chi connectivity index (χ4n) is 2.85. The average molecular weight is 333 g/mol. The van der Waals surface area contributed by atoms with Crippen molar-refractivity contribution in [1.82, 2.24) is 15.2 Å². The summed E-state index contributed by atoms with van der Waals surface area (Å²) in [4.78, 5) is 18.9. The molecule has 1 atom stereocenters. The normalized spacial score (nSPS) is 19.1. The van der Waals surface area contributed by atoms with Crippen molar-refractivity contribution in [1.29, 1.82) is 0 Å². The van der Waals surface area contributed by atoms with Crippen LogP contribution in [0.4, 0.5) is 0 Å². The average Bonchev–Trinajstić information content (AvgIpc) is 2.98. The van der Waals surface area contributed by atoms with Crippen molar-refractivity contribution in [3.63, 3.8) is 0 Å². The predicted octanol–water partition coefficient (Wildman–Crippen LogP) is 2.07. The highest BCUT2D eigenvalue weighted by molar-refractivity contribution is 7.18. The number of benzene rings is 1. The molecular formula is C17H23N3O2S. The minimum Gasteiger partial charge on any atom is -0.378 e. The number of carbonyl (C=O) groups excluding carboxylic acids is 1. The highest BCUT2D eigenvalue weighted by Crippen LogP contribution is 2.21. The van der Waals surface area contributed by atoms with Gasteiger partial charge in [-0.1, -0.05) is 19.1 Å². The highest BCUT2D eigenvalue weighted by atomic mass is 32.1. The van der Waals surface area contributed by atoms with Gasteiger partial charge >= 0.3 is 0 Å². The van der Waals surface area contributed by atoms with Crippen LogP contribution in [0.25, 0.3) is 10.2 Å². The van der Waals surface area contributed by atoms with Crippen molar-refractivity contribution in [2.24, 2.45) is 0 Å². The van der Waals surface area contributed by atoms with Crippen LogP contribution in [0.5, 0.6) is 0 Å². The Kier molecular flexibility index (Phi) is 5.59. The lowest BCUT2D eigenvalue weighted by atomic mass is 10.2. The van der Waals surface area contributed by atoms with E-state index in [9.17, 15) is 4.79 Å². The maximum atomic E-state index is 12.1. The van der Waals surface area contributed by atoms with Gasteiger partial charge in [0.05, 0.1) is 35.0 Å². The molecule has 1 saturated heterocycles. The molecule has 3 rings (SSSR count). The molecule has 2 heterocycles. The molecule has 1 aliphatic rings. The number of amides is 1. The van der Waals surface area contributed by atoms with Gasteiger partial charge < -0.3 is 10.1 Å². The number of rotatable bonds is 6. The van der Waals surface area contributed by atoms with E-state index in [0.717, 1.165) is 43.1 Å². The molecule has 0 radical (unpaired) electrons. The zero-order chi connectivity index (χ0) is 16.1. The van der Waals surface area contributed by atoms with Crippen molar-refractivity contribution >= 4 is 27.5 Å². The highest BCUT2D eigenvalue weighted by Gasteiger charge is 2.23. The molecule has 2 aromatic rings. The van der Waals surface area contributed by atoms with Crippen molar-refractivity contribution in [2.45, 2.75) is 25.8 Å². The maximum Gasteiger partial charge on any atom is 0.234 e. The number of para-hydroxylation sites is 1. The summed E-state index contributed by atoms with van der Waals surface area (Å²) < 4.78 is 6.67. The van der Waals surface area contributed by atoms with Gasteiger partial charge in [0.2, 0.25) is 5.91 Å². The predicted molar refractivity (Wildman–Crippen MR) is 92.8 cm³/mol. The summed E-state index contributed by atoms with van der Waals surface area (Å²) in [5.41, 5.74) is 1.04. The number of morpholine rings is 1. The molecular weight excluding hydrogens is 310 g/mol. The lowest BCUT2D eigenvalue weighted by molar-refractivity contribution is -0.124. The molecule has 1 aromatic heterocycles. The summed E-state index contributed by atoms with van der Waals surface area (Å²) in [6, 6.07) is 8.49. The first-order chi connectivity index (χ1) is 11.3. The van der Waals surface area contributed by atoms with Crippen molar-refractivity contribution < 1.29 is 9.53 Å². The molecule has 1 amide bonds. The number of thiazole rings is 1. The Morgan fingerprint density at radius 3 is 3.17 bits per heavy atom. The van der Waals surface area contributed by atoms with E-state index in [1.165, 1.54) is 4.70 Å². The smallest absolute Gasteiger partial charge is 0.234 e. The summed E-state index contributed by atoms with van der Waals surface area (Å²) in [5, 5.41) is 4.09. The summed E-state index contributed by atoms with van der Waals surface area (Å²) in [6.45, 7) is 5.52. The second-order valence-corrected chi connectivity index (χ2v) is 6.90. The molecule has 1 N–H and O–H groups in total. The zero-order valence-electron chi connectivity index (χ0n) is 13.5. The van der Waals surface area contributed by atoms with Gasteiger partial charge in [-0.05, 0) is 18.6 Å². The van der Waals surface area contributed by atoms with Gasteiger partial charge in [0.25, 0.3) is 0 Å². The molecule has 0 saturated carbocycles.